The van der Waals surface area contributed by atoms with E-state index >= 15 is 0 Å². The first kappa shape index (κ1) is 17.6. The standard InChI is InChI=1S/C15H32N4S/c1-4-5-10-19-11-7-14(8-12-19)18-15(16-2)17-9-6-13-20-3/h14H,4-13H2,1-3H3,(H2,16,17,18). The summed E-state index contributed by atoms with van der Waals surface area (Å²) in [7, 11) is 1.86. The molecule has 1 aliphatic heterocycles. The van der Waals surface area contributed by atoms with E-state index in [4.69, 9.17) is 0 Å². The van der Waals surface area contributed by atoms with Crippen LogP contribution < -0.4 is 10.6 Å². The van der Waals surface area contributed by atoms with Gasteiger partial charge in [0.2, 0.25) is 0 Å². The lowest BCUT2D eigenvalue weighted by Crippen LogP contribution is -2.48. The molecule has 0 unspecified atom stereocenters. The van der Waals surface area contributed by atoms with E-state index in [0.717, 1.165) is 12.5 Å². The molecule has 5 heteroatoms. The van der Waals surface area contributed by atoms with Gasteiger partial charge in [0.05, 0.1) is 0 Å². The highest BCUT2D eigenvalue weighted by Crippen LogP contribution is 2.10. The molecular formula is C15H32N4S. The van der Waals surface area contributed by atoms with Crippen LogP contribution in [0.4, 0.5) is 0 Å². The molecule has 0 aliphatic carbocycles. The molecule has 0 radical (unpaired) electrons. The number of nitrogens with one attached hydrogen (secondary N) is 2. The second-order valence-corrected chi connectivity index (χ2v) is 6.44. The molecule has 0 aromatic heterocycles. The molecule has 20 heavy (non-hydrogen) atoms. The molecule has 1 heterocycles. The minimum atomic E-state index is 0.583. The van der Waals surface area contributed by atoms with Gasteiger partial charge in [0.1, 0.15) is 0 Å². The van der Waals surface area contributed by atoms with Crippen LogP contribution in [0.2, 0.25) is 0 Å². The molecule has 1 saturated heterocycles. The molecule has 0 bridgehead atoms. The molecule has 1 aliphatic rings. The topological polar surface area (TPSA) is 39.7 Å². The normalized spacial score (nSPS) is 18.2. The Morgan fingerprint density at radius 2 is 2.05 bits per heavy atom. The molecule has 0 aromatic carbocycles. The average Bonchev–Trinajstić information content (AvgIpc) is 2.49. The number of unbranched alkanes of at least 4 members (excludes halogenated alkanes) is 1. The number of thioether (sulfide) groups is 1. The van der Waals surface area contributed by atoms with Crippen molar-refractivity contribution in [2.45, 2.75) is 45.1 Å². The Morgan fingerprint density at radius 3 is 2.65 bits per heavy atom. The van der Waals surface area contributed by atoms with Crippen LogP contribution in [0.15, 0.2) is 4.99 Å². The zero-order valence-electron chi connectivity index (χ0n) is 13.5. The van der Waals surface area contributed by atoms with E-state index in [1.165, 1.54) is 57.5 Å². The predicted octanol–water partition coefficient (Wildman–Crippen LogP) is 2.17. The lowest BCUT2D eigenvalue weighted by Gasteiger charge is -2.33. The first-order valence-electron chi connectivity index (χ1n) is 7.98. The van der Waals surface area contributed by atoms with Gasteiger partial charge < -0.3 is 15.5 Å². The Bertz CT molecular complexity index is 263. The number of rotatable bonds is 8. The zero-order valence-corrected chi connectivity index (χ0v) is 14.3. The lowest BCUT2D eigenvalue weighted by molar-refractivity contribution is 0.203. The minimum Gasteiger partial charge on any atom is -0.356 e. The van der Waals surface area contributed by atoms with Gasteiger partial charge in [-0.25, -0.2) is 0 Å². The van der Waals surface area contributed by atoms with Crippen LogP contribution in [0.5, 0.6) is 0 Å². The van der Waals surface area contributed by atoms with E-state index < -0.39 is 0 Å². The number of hydrogen-bond acceptors (Lipinski definition) is 3. The van der Waals surface area contributed by atoms with Crippen molar-refractivity contribution in [1.82, 2.24) is 15.5 Å². The lowest BCUT2D eigenvalue weighted by atomic mass is 10.0. The van der Waals surface area contributed by atoms with Gasteiger partial charge in [0.15, 0.2) is 5.96 Å². The Balaban J connectivity index is 2.17. The quantitative estimate of drug-likeness (QED) is 0.409. The summed E-state index contributed by atoms with van der Waals surface area (Å²) < 4.78 is 0. The fraction of sp³-hybridized carbons (Fsp3) is 0.933. The number of aliphatic imine (C=N–C) groups is 1. The fourth-order valence-corrected chi connectivity index (χ4v) is 2.93. The van der Waals surface area contributed by atoms with Gasteiger partial charge in [-0.3, -0.25) is 4.99 Å². The first-order chi connectivity index (χ1) is 9.80. The number of nitrogens with zero attached hydrogens (tertiary/aromatic N) is 2. The summed E-state index contributed by atoms with van der Waals surface area (Å²) in [5.41, 5.74) is 0. The maximum Gasteiger partial charge on any atom is 0.191 e. The summed E-state index contributed by atoms with van der Waals surface area (Å²) in [6.07, 6.45) is 8.43. The third-order valence-corrected chi connectivity index (χ3v) is 4.49. The molecular weight excluding hydrogens is 268 g/mol. The van der Waals surface area contributed by atoms with Crippen molar-refractivity contribution in [3.8, 4) is 0 Å². The summed E-state index contributed by atoms with van der Waals surface area (Å²) in [5, 5.41) is 6.97. The van der Waals surface area contributed by atoms with Gasteiger partial charge in [0.25, 0.3) is 0 Å². The van der Waals surface area contributed by atoms with Crippen molar-refractivity contribution in [2.24, 2.45) is 4.99 Å². The van der Waals surface area contributed by atoms with Crippen molar-refractivity contribution in [3.05, 3.63) is 0 Å². The summed E-state index contributed by atoms with van der Waals surface area (Å²) in [6.45, 7) is 6.99. The zero-order chi connectivity index (χ0) is 14.6. The van der Waals surface area contributed by atoms with Crippen LogP contribution in [0.25, 0.3) is 0 Å². The summed E-state index contributed by atoms with van der Waals surface area (Å²) in [5.74, 6) is 2.18. The van der Waals surface area contributed by atoms with Gasteiger partial charge in [0, 0.05) is 32.7 Å². The average molecular weight is 301 g/mol. The Labute approximate surface area is 129 Å². The molecule has 1 rings (SSSR count). The van der Waals surface area contributed by atoms with Crippen molar-refractivity contribution in [1.29, 1.82) is 0 Å². The summed E-state index contributed by atoms with van der Waals surface area (Å²) in [6, 6.07) is 0.583. The van der Waals surface area contributed by atoms with Gasteiger partial charge in [-0.2, -0.15) is 11.8 Å². The van der Waals surface area contributed by atoms with Crippen molar-refractivity contribution in [3.63, 3.8) is 0 Å². The van der Waals surface area contributed by atoms with Gasteiger partial charge in [-0.15, -0.1) is 0 Å². The number of guanidine groups is 1. The third-order valence-electron chi connectivity index (χ3n) is 3.80. The van der Waals surface area contributed by atoms with Crippen LogP contribution in [0, 0.1) is 0 Å². The van der Waals surface area contributed by atoms with Crippen molar-refractivity contribution < 1.29 is 0 Å². The van der Waals surface area contributed by atoms with Gasteiger partial charge in [-0.1, -0.05) is 13.3 Å². The van der Waals surface area contributed by atoms with E-state index in [1.807, 2.05) is 18.8 Å². The summed E-state index contributed by atoms with van der Waals surface area (Å²) in [4.78, 5) is 6.92. The monoisotopic (exact) mass is 300 g/mol. The number of hydrogen-bond donors (Lipinski definition) is 2. The largest absolute Gasteiger partial charge is 0.356 e. The SMILES string of the molecule is CCCCN1CCC(NC(=NC)NCCCSC)CC1. The Hall–Kier alpha value is -0.420. The highest BCUT2D eigenvalue weighted by molar-refractivity contribution is 7.98. The molecule has 4 nitrogen and oxygen atoms in total. The van der Waals surface area contributed by atoms with E-state index in [2.05, 4.69) is 33.7 Å². The van der Waals surface area contributed by atoms with Crippen LogP contribution in [-0.4, -0.2) is 62.1 Å². The third kappa shape index (κ3) is 7.39. The maximum atomic E-state index is 4.32. The second-order valence-electron chi connectivity index (χ2n) is 5.46. The highest BCUT2D eigenvalue weighted by Gasteiger charge is 2.19. The first-order valence-corrected chi connectivity index (χ1v) is 9.38. The number of likely N-dealkylation sites (tertiary alicyclic amines) is 1. The Kier molecular flexibility index (Phi) is 9.93. The maximum absolute atomic E-state index is 4.32. The van der Waals surface area contributed by atoms with E-state index in [0.29, 0.717) is 6.04 Å². The fourth-order valence-electron chi connectivity index (χ4n) is 2.49. The molecule has 118 valence electrons. The van der Waals surface area contributed by atoms with Crippen molar-refractivity contribution >= 4 is 17.7 Å². The van der Waals surface area contributed by atoms with Crippen LogP contribution in [0.1, 0.15) is 39.0 Å². The van der Waals surface area contributed by atoms with E-state index in [-0.39, 0.29) is 0 Å². The second kappa shape index (κ2) is 11.3. The smallest absolute Gasteiger partial charge is 0.191 e. The molecule has 1 fully saturated rings. The summed E-state index contributed by atoms with van der Waals surface area (Å²) >= 11 is 1.90. The van der Waals surface area contributed by atoms with Crippen LogP contribution in [0.3, 0.4) is 0 Å². The van der Waals surface area contributed by atoms with Gasteiger partial charge >= 0.3 is 0 Å². The van der Waals surface area contributed by atoms with Gasteiger partial charge in [-0.05, 0) is 44.2 Å². The minimum absolute atomic E-state index is 0.583. The predicted molar refractivity (Wildman–Crippen MR) is 91.9 cm³/mol. The molecule has 0 spiro atoms. The van der Waals surface area contributed by atoms with E-state index in [1.54, 1.807) is 0 Å². The van der Waals surface area contributed by atoms with Crippen molar-refractivity contribution in [2.75, 3.05) is 45.2 Å². The highest BCUT2D eigenvalue weighted by atomic mass is 32.2. The number of piperidine rings is 1. The molecule has 0 aromatic rings. The molecule has 0 amide bonds. The molecule has 0 atom stereocenters. The molecule has 2 N–H and O–H groups in total. The van der Waals surface area contributed by atoms with E-state index in [9.17, 15) is 0 Å². The molecule has 0 saturated carbocycles. The van der Waals surface area contributed by atoms with Crippen LogP contribution >= 0.6 is 11.8 Å². The van der Waals surface area contributed by atoms with Crippen LogP contribution in [-0.2, 0) is 0 Å². The Morgan fingerprint density at radius 1 is 1.30 bits per heavy atom.